The average molecular weight is 448 g/mol. The third-order valence-corrected chi connectivity index (χ3v) is 4.77. The van der Waals surface area contributed by atoms with Crippen LogP contribution in [-0.2, 0) is 11.4 Å². The number of carbonyl (C=O) groups is 1. The maximum Gasteiger partial charge on any atom is 0.266 e. The number of nitrogens with zero attached hydrogens (tertiary/aromatic N) is 2. The van der Waals surface area contributed by atoms with Crippen LogP contribution < -0.4 is 10.1 Å². The second-order valence-corrected chi connectivity index (χ2v) is 7.23. The standard InChI is InChI=1S/C24H15Cl2N3O2/c25-20-6-3-7-21(12-20)29-24(30)19(14-28)10-16-8-9-23(22(26)11-16)31-15-18-5-2-1-4-17(18)13-27/h1-12H,15H2,(H,29,30)/b19-10+. The molecule has 0 aliphatic carbocycles. The number of nitrogens with one attached hydrogen (secondary N) is 1. The van der Waals surface area contributed by atoms with Gasteiger partial charge in [-0.25, -0.2) is 0 Å². The fourth-order valence-electron chi connectivity index (χ4n) is 2.71. The third kappa shape index (κ3) is 5.87. The van der Waals surface area contributed by atoms with Crippen LogP contribution in [0, 0.1) is 22.7 Å². The Morgan fingerprint density at radius 3 is 2.55 bits per heavy atom. The molecule has 31 heavy (non-hydrogen) atoms. The first-order chi connectivity index (χ1) is 15.0. The highest BCUT2D eigenvalue weighted by Crippen LogP contribution is 2.28. The van der Waals surface area contributed by atoms with Gasteiger partial charge in [-0.3, -0.25) is 4.79 Å². The molecule has 0 bridgehead atoms. The lowest BCUT2D eigenvalue weighted by Gasteiger charge is -2.10. The van der Waals surface area contributed by atoms with Gasteiger partial charge >= 0.3 is 0 Å². The van der Waals surface area contributed by atoms with Gasteiger partial charge in [0.2, 0.25) is 0 Å². The molecule has 0 heterocycles. The number of anilines is 1. The third-order valence-electron chi connectivity index (χ3n) is 4.24. The Bertz CT molecular complexity index is 1240. The summed E-state index contributed by atoms with van der Waals surface area (Å²) in [7, 11) is 0. The van der Waals surface area contributed by atoms with E-state index in [4.69, 9.17) is 33.2 Å². The molecule has 5 nitrogen and oxygen atoms in total. The number of benzene rings is 3. The predicted octanol–water partition coefficient (Wildman–Crippen LogP) is 5.99. The summed E-state index contributed by atoms with van der Waals surface area (Å²) in [5.74, 6) is -0.136. The van der Waals surface area contributed by atoms with Crippen molar-refractivity contribution >= 4 is 40.9 Å². The molecule has 1 N–H and O–H groups in total. The minimum absolute atomic E-state index is 0.0901. The van der Waals surface area contributed by atoms with E-state index in [9.17, 15) is 10.1 Å². The van der Waals surface area contributed by atoms with Gasteiger partial charge < -0.3 is 10.1 Å². The molecule has 0 radical (unpaired) electrons. The Morgan fingerprint density at radius 2 is 1.84 bits per heavy atom. The van der Waals surface area contributed by atoms with Crippen LogP contribution in [0.2, 0.25) is 10.0 Å². The summed E-state index contributed by atoms with van der Waals surface area (Å²) in [4.78, 5) is 12.4. The molecule has 0 fully saturated rings. The van der Waals surface area contributed by atoms with Crippen LogP contribution in [0.5, 0.6) is 5.75 Å². The molecule has 3 rings (SSSR count). The van der Waals surface area contributed by atoms with Crippen molar-refractivity contribution in [2.75, 3.05) is 5.32 Å². The molecule has 0 aliphatic heterocycles. The predicted molar refractivity (Wildman–Crippen MR) is 121 cm³/mol. The van der Waals surface area contributed by atoms with Crippen molar-refractivity contribution < 1.29 is 9.53 Å². The van der Waals surface area contributed by atoms with Gasteiger partial charge in [0.1, 0.15) is 24.0 Å². The zero-order valence-corrected chi connectivity index (χ0v) is 17.6. The maximum absolute atomic E-state index is 12.4. The van der Waals surface area contributed by atoms with Crippen molar-refractivity contribution in [1.82, 2.24) is 0 Å². The topological polar surface area (TPSA) is 85.9 Å². The summed E-state index contributed by atoms with van der Waals surface area (Å²) in [6, 6.07) is 22.7. The van der Waals surface area contributed by atoms with Crippen molar-refractivity contribution in [2.24, 2.45) is 0 Å². The molecule has 7 heteroatoms. The van der Waals surface area contributed by atoms with E-state index in [0.717, 1.165) is 5.56 Å². The van der Waals surface area contributed by atoms with E-state index in [1.807, 2.05) is 12.1 Å². The quantitative estimate of drug-likeness (QED) is 0.371. The van der Waals surface area contributed by atoms with Gasteiger partial charge in [0.05, 0.1) is 16.7 Å². The van der Waals surface area contributed by atoms with E-state index >= 15 is 0 Å². The Balaban J connectivity index is 1.73. The molecule has 3 aromatic carbocycles. The van der Waals surface area contributed by atoms with Crippen molar-refractivity contribution in [3.63, 3.8) is 0 Å². The summed E-state index contributed by atoms with van der Waals surface area (Å²) >= 11 is 12.2. The van der Waals surface area contributed by atoms with Crippen LogP contribution in [0.4, 0.5) is 5.69 Å². The van der Waals surface area contributed by atoms with Crippen molar-refractivity contribution in [1.29, 1.82) is 10.5 Å². The molecule has 0 atom stereocenters. The van der Waals surface area contributed by atoms with Gasteiger partial charge in [-0.05, 0) is 48.0 Å². The van der Waals surface area contributed by atoms with Crippen LogP contribution in [0.3, 0.4) is 0 Å². The zero-order chi connectivity index (χ0) is 22.2. The van der Waals surface area contributed by atoms with Crippen LogP contribution in [0.15, 0.2) is 72.3 Å². The van der Waals surface area contributed by atoms with E-state index in [-0.39, 0.29) is 12.2 Å². The van der Waals surface area contributed by atoms with Gasteiger partial charge in [-0.15, -0.1) is 0 Å². The number of carbonyl (C=O) groups excluding carboxylic acids is 1. The molecule has 0 saturated heterocycles. The average Bonchev–Trinajstić information content (AvgIpc) is 2.77. The molecule has 0 spiro atoms. The molecular weight excluding hydrogens is 433 g/mol. The highest BCUT2D eigenvalue weighted by molar-refractivity contribution is 6.32. The van der Waals surface area contributed by atoms with Gasteiger partial charge in [0.15, 0.2) is 0 Å². The molecule has 0 aliphatic rings. The monoisotopic (exact) mass is 447 g/mol. The van der Waals surface area contributed by atoms with Crippen LogP contribution in [0.1, 0.15) is 16.7 Å². The van der Waals surface area contributed by atoms with Crippen molar-refractivity contribution in [3.05, 3.63) is 99.0 Å². The first kappa shape index (κ1) is 21.9. The van der Waals surface area contributed by atoms with Crippen molar-refractivity contribution in [2.45, 2.75) is 6.61 Å². The number of ether oxygens (including phenoxy) is 1. The van der Waals surface area contributed by atoms with E-state index in [1.54, 1.807) is 60.7 Å². The van der Waals surface area contributed by atoms with E-state index in [2.05, 4.69) is 11.4 Å². The highest BCUT2D eigenvalue weighted by Gasteiger charge is 2.11. The number of nitriles is 2. The summed E-state index contributed by atoms with van der Waals surface area (Å²) in [6.07, 6.45) is 1.43. The van der Waals surface area contributed by atoms with Crippen molar-refractivity contribution in [3.8, 4) is 17.9 Å². The van der Waals surface area contributed by atoms with Crippen LogP contribution in [0.25, 0.3) is 6.08 Å². The molecule has 0 aromatic heterocycles. The number of hydrogen-bond donors (Lipinski definition) is 1. The lowest BCUT2D eigenvalue weighted by Crippen LogP contribution is -2.13. The van der Waals surface area contributed by atoms with Crippen LogP contribution >= 0.6 is 23.2 Å². The minimum Gasteiger partial charge on any atom is -0.487 e. The smallest absolute Gasteiger partial charge is 0.266 e. The number of rotatable bonds is 6. The largest absolute Gasteiger partial charge is 0.487 e. The summed E-state index contributed by atoms with van der Waals surface area (Å²) in [6.45, 7) is 0.185. The fourth-order valence-corrected chi connectivity index (χ4v) is 3.15. The second-order valence-electron chi connectivity index (χ2n) is 6.38. The summed E-state index contributed by atoms with van der Waals surface area (Å²) in [5, 5.41) is 22.0. The van der Waals surface area contributed by atoms with Gasteiger partial charge in [0.25, 0.3) is 5.91 Å². The lowest BCUT2D eigenvalue weighted by molar-refractivity contribution is -0.112. The summed E-state index contributed by atoms with van der Waals surface area (Å²) in [5.41, 5.74) is 2.23. The molecular formula is C24H15Cl2N3O2. The first-order valence-corrected chi connectivity index (χ1v) is 9.85. The summed E-state index contributed by atoms with van der Waals surface area (Å²) < 4.78 is 5.73. The zero-order valence-electron chi connectivity index (χ0n) is 16.1. The molecule has 3 aromatic rings. The van der Waals surface area contributed by atoms with Crippen LogP contribution in [-0.4, -0.2) is 5.91 Å². The molecule has 0 unspecified atom stereocenters. The minimum atomic E-state index is -0.561. The number of hydrogen-bond acceptors (Lipinski definition) is 4. The number of halogens is 2. The number of amides is 1. The Hall–Kier alpha value is -3.77. The Labute approximate surface area is 189 Å². The molecule has 0 saturated carbocycles. The van der Waals surface area contributed by atoms with Gasteiger partial charge in [-0.1, -0.05) is 53.5 Å². The van der Waals surface area contributed by atoms with Gasteiger partial charge in [-0.2, -0.15) is 10.5 Å². The lowest BCUT2D eigenvalue weighted by atomic mass is 10.1. The Kier molecular flexibility index (Phi) is 7.30. The van der Waals surface area contributed by atoms with E-state index in [1.165, 1.54) is 6.08 Å². The van der Waals surface area contributed by atoms with Gasteiger partial charge in [0, 0.05) is 16.3 Å². The maximum atomic E-state index is 12.4. The first-order valence-electron chi connectivity index (χ1n) is 9.09. The second kappa shape index (κ2) is 10.3. The Morgan fingerprint density at radius 1 is 1.03 bits per heavy atom. The fraction of sp³-hybridized carbons (Fsp3) is 0.0417. The normalized spacial score (nSPS) is 10.6. The molecule has 152 valence electrons. The SMILES string of the molecule is N#C/C(=C\c1ccc(OCc2ccccc2C#N)c(Cl)c1)C(=O)Nc1cccc(Cl)c1. The van der Waals surface area contributed by atoms with E-state index < -0.39 is 5.91 Å². The molecule has 1 amide bonds. The highest BCUT2D eigenvalue weighted by atomic mass is 35.5. The van der Waals surface area contributed by atoms with E-state index in [0.29, 0.717) is 32.6 Å².